The van der Waals surface area contributed by atoms with Crippen molar-refractivity contribution < 1.29 is 9.18 Å². The fourth-order valence-electron chi connectivity index (χ4n) is 2.98. The number of hydrogen-bond acceptors (Lipinski definition) is 5. The molecule has 8 heteroatoms. The molecule has 0 saturated carbocycles. The maximum Gasteiger partial charge on any atom is 0.267 e. The molecule has 0 radical (unpaired) electrons. The number of nitrogens with one attached hydrogen (secondary N) is 1. The average molecular weight is 440 g/mol. The molecule has 0 aliphatic rings. The summed E-state index contributed by atoms with van der Waals surface area (Å²) in [4.78, 5) is 32.0. The molecule has 4 rings (SSSR count). The summed E-state index contributed by atoms with van der Waals surface area (Å²) in [5.74, 6) is -0.692. The van der Waals surface area contributed by atoms with E-state index in [9.17, 15) is 14.0 Å². The monoisotopic (exact) mass is 439 g/mol. The van der Waals surface area contributed by atoms with E-state index in [2.05, 4.69) is 10.3 Å². The Balaban J connectivity index is 1.66. The van der Waals surface area contributed by atoms with E-state index in [1.165, 1.54) is 45.9 Å². The summed E-state index contributed by atoms with van der Waals surface area (Å²) in [7, 11) is 0. The number of carbonyl (C=O) groups excluding carboxylic acids is 1. The summed E-state index contributed by atoms with van der Waals surface area (Å²) < 4.78 is 14.9. The number of aromatic nitrogens is 2. The number of carbonyl (C=O) groups is 1. The van der Waals surface area contributed by atoms with E-state index in [1.807, 2.05) is 43.3 Å². The maximum absolute atomic E-state index is 13.3. The third kappa shape index (κ3) is 4.29. The smallest absolute Gasteiger partial charge is 0.267 e. The van der Waals surface area contributed by atoms with Crippen LogP contribution >= 0.6 is 23.1 Å². The number of thiophene rings is 1. The van der Waals surface area contributed by atoms with Crippen molar-refractivity contribution in [3.05, 3.63) is 81.7 Å². The van der Waals surface area contributed by atoms with E-state index in [0.717, 1.165) is 11.3 Å². The molecule has 1 amide bonds. The van der Waals surface area contributed by atoms with E-state index in [-0.39, 0.29) is 17.2 Å². The van der Waals surface area contributed by atoms with Crippen LogP contribution < -0.4 is 10.9 Å². The molecule has 0 aliphatic heterocycles. The van der Waals surface area contributed by atoms with Crippen LogP contribution in [0.3, 0.4) is 0 Å². The minimum Gasteiger partial charge on any atom is -0.325 e. The number of fused-ring (bicyclic) bond motifs is 1. The van der Waals surface area contributed by atoms with Crippen LogP contribution in [0.5, 0.6) is 0 Å². The first-order chi connectivity index (χ1) is 14.5. The summed E-state index contributed by atoms with van der Waals surface area (Å²) in [6.07, 6.45) is 0.824. The van der Waals surface area contributed by atoms with Gasteiger partial charge in [-0.2, -0.15) is 0 Å². The second-order valence-corrected chi connectivity index (χ2v) is 8.56. The van der Waals surface area contributed by atoms with Gasteiger partial charge in [-0.05, 0) is 42.8 Å². The normalized spacial score (nSPS) is 11.0. The summed E-state index contributed by atoms with van der Waals surface area (Å²) in [6.45, 7) is 2.03. The predicted octanol–water partition coefficient (Wildman–Crippen LogP) is 4.88. The van der Waals surface area contributed by atoms with Gasteiger partial charge in [0.15, 0.2) is 5.16 Å². The van der Waals surface area contributed by atoms with Gasteiger partial charge in [0.05, 0.1) is 16.8 Å². The Morgan fingerprint density at radius 1 is 1.17 bits per heavy atom. The van der Waals surface area contributed by atoms with Gasteiger partial charge in [0.2, 0.25) is 5.91 Å². The Morgan fingerprint density at radius 2 is 1.97 bits per heavy atom. The van der Waals surface area contributed by atoms with Crippen LogP contribution in [0.2, 0.25) is 0 Å². The lowest BCUT2D eigenvalue weighted by atomic mass is 10.3. The van der Waals surface area contributed by atoms with Crippen molar-refractivity contribution in [2.75, 3.05) is 11.1 Å². The van der Waals surface area contributed by atoms with Crippen LogP contribution in [-0.2, 0) is 11.2 Å². The minimum atomic E-state index is -0.421. The topological polar surface area (TPSA) is 64.0 Å². The third-order valence-electron chi connectivity index (χ3n) is 4.39. The largest absolute Gasteiger partial charge is 0.325 e. The Hall–Kier alpha value is -2.97. The number of halogens is 1. The summed E-state index contributed by atoms with van der Waals surface area (Å²) >= 11 is 2.66. The van der Waals surface area contributed by atoms with E-state index < -0.39 is 5.82 Å². The molecule has 30 heavy (non-hydrogen) atoms. The first-order valence-electron chi connectivity index (χ1n) is 9.34. The van der Waals surface area contributed by atoms with Crippen LogP contribution in [0.4, 0.5) is 10.1 Å². The summed E-state index contributed by atoms with van der Waals surface area (Å²) in [6, 6.07) is 16.8. The van der Waals surface area contributed by atoms with Gasteiger partial charge in [0.25, 0.3) is 5.56 Å². The zero-order valence-corrected chi connectivity index (χ0v) is 17.7. The van der Waals surface area contributed by atoms with Gasteiger partial charge in [0, 0.05) is 10.6 Å². The van der Waals surface area contributed by atoms with Crippen molar-refractivity contribution in [2.45, 2.75) is 18.5 Å². The highest BCUT2D eigenvalue weighted by Gasteiger charge is 2.17. The number of nitrogens with zero attached hydrogens (tertiary/aromatic N) is 2. The van der Waals surface area contributed by atoms with E-state index in [1.54, 1.807) is 6.07 Å². The molecule has 152 valence electrons. The lowest BCUT2D eigenvalue weighted by molar-refractivity contribution is -0.113. The van der Waals surface area contributed by atoms with Crippen molar-refractivity contribution in [1.29, 1.82) is 0 Å². The number of anilines is 1. The van der Waals surface area contributed by atoms with Gasteiger partial charge in [-0.25, -0.2) is 9.37 Å². The minimum absolute atomic E-state index is 0.0350. The number of aryl methyl sites for hydroxylation is 1. The molecule has 4 aromatic rings. The molecule has 1 N–H and O–H groups in total. The lowest BCUT2D eigenvalue weighted by Crippen LogP contribution is -2.22. The SMILES string of the molecule is CCc1cc2c(=O)n(-c3ccccc3)c(SCC(=O)Nc3cccc(F)c3)nc2s1. The molecule has 0 aliphatic carbocycles. The van der Waals surface area contributed by atoms with Gasteiger partial charge in [-0.15, -0.1) is 11.3 Å². The van der Waals surface area contributed by atoms with Crippen molar-refractivity contribution >= 4 is 44.9 Å². The molecule has 2 aromatic carbocycles. The maximum atomic E-state index is 13.3. The number of rotatable bonds is 6. The van der Waals surface area contributed by atoms with Crippen molar-refractivity contribution in [3.63, 3.8) is 0 Å². The Morgan fingerprint density at radius 3 is 2.70 bits per heavy atom. The van der Waals surface area contributed by atoms with Gasteiger partial charge in [-0.3, -0.25) is 14.2 Å². The molecule has 2 aromatic heterocycles. The Bertz CT molecular complexity index is 1270. The Kier molecular flexibility index (Phi) is 5.96. The van der Waals surface area contributed by atoms with Gasteiger partial charge in [-0.1, -0.05) is 43.0 Å². The number of hydrogen-bond donors (Lipinski definition) is 1. The third-order valence-corrected chi connectivity index (χ3v) is 6.50. The number of benzene rings is 2. The first kappa shape index (κ1) is 20.3. The standard InChI is InChI=1S/C22H18FN3O2S2/c1-2-17-12-18-20(30-17)25-22(26(21(18)28)16-9-4-3-5-10-16)29-13-19(27)24-15-8-6-7-14(23)11-15/h3-12H,2,13H2,1H3,(H,24,27). The predicted molar refractivity (Wildman–Crippen MR) is 120 cm³/mol. The second-order valence-electron chi connectivity index (χ2n) is 6.50. The number of thioether (sulfide) groups is 1. The van der Waals surface area contributed by atoms with Crippen LogP contribution in [0, 0.1) is 5.82 Å². The van der Waals surface area contributed by atoms with Crippen molar-refractivity contribution in [1.82, 2.24) is 9.55 Å². The first-order valence-corrected chi connectivity index (χ1v) is 11.1. The zero-order valence-electron chi connectivity index (χ0n) is 16.1. The van der Waals surface area contributed by atoms with Crippen molar-refractivity contribution in [2.24, 2.45) is 0 Å². The quantitative estimate of drug-likeness (QED) is 0.344. The second kappa shape index (κ2) is 8.81. The Labute approximate surface area is 180 Å². The van der Waals surface area contributed by atoms with Gasteiger partial charge in [0.1, 0.15) is 10.6 Å². The molecule has 0 fully saturated rings. The van der Waals surface area contributed by atoms with Crippen LogP contribution in [-0.4, -0.2) is 21.2 Å². The van der Waals surface area contributed by atoms with Gasteiger partial charge >= 0.3 is 0 Å². The molecule has 0 unspecified atom stereocenters. The highest BCUT2D eigenvalue weighted by atomic mass is 32.2. The zero-order chi connectivity index (χ0) is 21.1. The van der Waals surface area contributed by atoms with E-state index >= 15 is 0 Å². The summed E-state index contributed by atoms with van der Waals surface area (Å²) in [5, 5.41) is 3.69. The molecule has 0 spiro atoms. The molecular weight excluding hydrogens is 421 g/mol. The molecule has 0 bridgehead atoms. The highest BCUT2D eigenvalue weighted by Crippen LogP contribution is 2.27. The van der Waals surface area contributed by atoms with Gasteiger partial charge < -0.3 is 5.32 Å². The van der Waals surface area contributed by atoms with E-state index in [4.69, 9.17) is 0 Å². The summed E-state index contributed by atoms with van der Waals surface area (Å²) in [5.41, 5.74) is 0.916. The van der Waals surface area contributed by atoms with Crippen LogP contribution in [0.15, 0.2) is 70.6 Å². The fourth-order valence-corrected chi connectivity index (χ4v) is 4.80. The molecule has 2 heterocycles. The molecular formula is C22H18FN3O2S2. The average Bonchev–Trinajstić information content (AvgIpc) is 3.17. The van der Waals surface area contributed by atoms with Crippen molar-refractivity contribution in [3.8, 4) is 5.69 Å². The molecule has 0 atom stereocenters. The number of para-hydroxylation sites is 1. The molecule has 5 nitrogen and oxygen atoms in total. The van der Waals surface area contributed by atoms with Crippen LogP contribution in [0.1, 0.15) is 11.8 Å². The highest BCUT2D eigenvalue weighted by molar-refractivity contribution is 7.99. The van der Waals surface area contributed by atoms with Crippen LogP contribution in [0.25, 0.3) is 15.9 Å². The van der Waals surface area contributed by atoms with E-state index in [0.29, 0.717) is 26.7 Å². The fraction of sp³-hybridized carbons (Fsp3) is 0.136. The number of amides is 1. The molecule has 0 saturated heterocycles. The lowest BCUT2D eigenvalue weighted by Gasteiger charge is -2.12.